The first-order chi connectivity index (χ1) is 14.3. The van der Waals surface area contributed by atoms with Gasteiger partial charge in [0.2, 0.25) is 5.91 Å². The standard InChI is InChI=1S/C23H30N4O3/c1-23(2,15-29-3)27-21(17-6-5-7-20(12-17)30-4)22(28)26-19-10-8-16(9-11-19)18(13-24)14-25/h5-14,21,24,27H,15,25H2,1-4H3,(H,26,28)/b18-14+,24-13?. The van der Waals surface area contributed by atoms with Crippen molar-refractivity contribution in [3.63, 3.8) is 0 Å². The summed E-state index contributed by atoms with van der Waals surface area (Å²) in [5, 5.41) is 13.7. The number of anilines is 1. The van der Waals surface area contributed by atoms with Crippen molar-refractivity contribution < 1.29 is 14.3 Å². The number of carbonyl (C=O) groups excluding carboxylic acids is 1. The zero-order valence-electron chi connectivity index (χ0n) is 17.9. The van der Waals surface area contributed by atoms with Crippen LogP contribution in [0.3, 0.4) is 0 Å². The van der Waals surface area contributed by atoms with Crippen LogP contribution >= 0.6 is 0 Å². The molecule has 7 nitrogen and oxygen atoms in total. The largest absolute Gasteiger partial charge is 0.497 e. The molecule has 7 heteroatoms. The van der Waals surface area contributed by atoms with Crippen LogP contribution in [-0.4, -0.2) is 38.5 Å². The number of methoxy groups -OCH3 is 2. The average molecular weight is 411 g/mol. The number of rotatable bonds is 10. The first-order valence-corrected chi connectivity index (χ1v) is 9.58. The Morgan fingerprint density at radius 3 is 2.47 bits per heavy atom. The minimum Gasteiger partial charge on any atom is -0.497 e. The van der Waals surface area contributed by atoms with Crippen molar-refractivity contribution in [2.75, 3.05) is 26.1 Å². The van der Waals surface area contributed by atoms with E-state index >= 15 is 0 Å². The molecule has 0 aliphatic rings. The lowest BCUT2D eigenvalue weighted by atomic mass is 9.99. The number of ether oxygens (including phenoxy) is 2. The fourth-order valence-electron chi connectivity index (χ4n) is 3.10. The van der Waals surface area contributed by atoms with Gasteiger partial charge in [-0.3, -0.25) is 10.1 Å². The molecule has 160 valence electrons. The van der Waals surface area contributed by atoms with Gasteiger partial charge in [0.15, 0.2) is 0 Å². The van der Waals surface area contributed by atoms with Crippen LogP contribution in [0, 0.1) is 5.41 Å². The second-order valence-electron chi connectivity index (χ2n) is 7.50. The minimum atomic E-state index is -0.619. The predicted octanol–water partition coefficient (Wildman–Crippen LogP) is 3.34. The van der Waals surface area contributed by atoms with E-state index in [4.69, 9.17) is 20.6 Å². The highest BCUT2D eigenvalue weighted by atomic mass is 16.5. The van der Waals surface area contributed by atoms with E-state index in [2.05, 4.69) is 10.6 Å². The van der Waals surface area contributed by atoms with Gasteiger partial charge in [0.1, 0.15) is 11.8 Å². The Labute approximate surface area is 177 Å². The van der Waals surface area contributed by atoms with E-state index in [1.807, 2.05) is 50.2 Å². The molecular weight excluding hydrogens is 380 g/mol. The van der Waals surface area contributed by atoms with Crippen molar-refractivity contribution in [2.45, 2.75) is 25.4 Å². The smallest absolute Gasteiger partial charge is 0.246 e. The fourth-order valence-corrected chi connectivity index (χ4v) is 3.10. The zero-order valence-corrected chi connectivity index (χ0v) is 17.9. The minimum absolute atomic E-state index is 0.207. The van der Waals surface area contributed by atoms with Crippen LogP contribution in [0.4, 0.5) is 5.69 Å². The lowest BCUT2D eigenvalue weighted by Crippen LogP contribution is -2.48. The average Bonchev–Trinajstić information content (AvgIpc) is 2.74. The second kappa shape index (κ2) is 10.6. The molecule has 0 aliphatic heterocycles. The topological polar surface area (TPSA) is 109 Å². The van der Waals surface area contributed by atoms with Gasteiger partial charge in [0.25, 0.3) is 0 Å². The lowest BCUT2D eigenvalue weighted by Gasteiger charge is -2.31. The Bertz CT molecular complexity index is 892. The first-order valence-electron chi connectivity index (χ1n) is 9.58. The van der Waals surface area contributed by atoms with Crippen LogP contribution < -0.4 is 21.1 Å². The summed E-state index contributed by atoms with van der Waals surface area (Å²) in [4.78, 5) is 13.2. The summed E-state index contributed by atoms with van der Waals surface area (Å²) in [5.74, 6) is 0.468. The molecule has 30 heavy (non-hydrogen) atoms. The van der Waals surface area contributed by atoms with E-state index in [0.29, 0.717) is 23.6 Å². The molecule has 0 spiro atoms. The Balaban J connectivity index is 2.28. The van der Waals surface area contributed by atoms with E-state index in [1.54, 1.807) is 26.4 Å². The van der Waals surface area contributed by atoms with Crippen molar-refractivity contribution in [1.29, 1.82) is 5.41 Å². The number of carbonyl (C=O) groups is 1. The van der Waals surface area contributed by atoms with Crippen LogP contribution in [0.25, 0.3) is 5.57 Å². The predicted molar refractivity (Wildman–Crippen MR) is 121 cm³/mol. The third-order valence-electron chi connectivity index (χ3n) is 4.55. The van der Waals surface area contributed by atoms with Crippen LogP contribution in [0.15, 0.2) is 54.7 Å². The summed E-state index contributed by atoms with van der Waals surface area (Å²) in [6.07, 6.45) is 2.56. The van der Waals surface area contributed by atoms with Gasteiger partial charge in [-0.15, -0.1) is 0 Å². The molecule has 2 aromatic rings. The molecular formula is C23H30N4O3. The molecule has 0 radical (unpaired) electrons. The van der Waals surface area contributed by atoms with Gasteiger partial charge in [0, 0.05) is 36.3 Å². The number of benzene rings is 2. The Morgan fingerprint density at radius 1 is 1.20 bits per heavy atom. The van der Waals surface area contributed by atoms with E-state index in [0.717, 1.165) is 11.1 Å². The summed E-state index contributed by atoms with van der Waals surface area (Å²) in [7, 11) is 3.22. The van der Waals surface area contributed by atoms with Gasteiger partial charge in [-0.1, -0.05) is 24.3 Å². The van der Waals surface area contributed by atoms with Crippen molar-refractivity contribution in [3.8, 4) is 5.75 Å². The lowest BCUT2D eigenvalue weighted by molar-refractivity contribution is -0.119. The summed E-state index contributed by atoms with van der Waals surface area (Å²) in [5.41, 5.74) is 7.92. The molecule has 2 rings (SSSR count). The fraction of sp³-hybridized carbons (Fsp3) is 0.304. The molecule has 1 atom stereocenters. The number of hydrogen-bond donors (Lipinski definition) is 4. The van der Waals surface area contributed by atoms with Crippen LogP contribution in [0.5, 0.6) is 5.75 Å². The highest BCUT2D eigenvalue weighted by Crippen LogP contribution is 2.24. The quantitative estimate of drug-likeness (QED) is 0.449. The summed E-state index contributed by atoms with van der Waals surface area (Å²) < 4.78 is 10.6. The number of hydrogen-bond acceptors (Lipinski definition) is 6. The normalized spacial score (nSPS) is 12.9. The van der Waals surface area contributed by atoms with Crippen molar-refractivity contribution in [1.82, 2.24) is 5.32 Å². The monoisotopic (exact) mass is 410 g/mol. The molecule has 5 N–H and O–H groups in total. The van der Waals surface area contributed by atoms with Crippen LogP contribution in [0.1, 0.15) is 31.0 Å². The summed E-state index contributed by atoms with van der Waals surface area (Å²) in [6.45, 7) is 4.39. The molecule has 0 bridgehead atoms. The van der Waals surface area contributed by atoms with Gasteiger partial charge in [-0.05, 0) is 49.2 Å². The van der Waals surface area contributed by atoms with Crippen molar-refractivity contribution in [3.05, 3.63) is 65.9 Å². The van der Waals surface area contributed by atoms with E-state index in [1.165, 1.54) is 12.4 Å². The van der Waals surface area contributed by atoms with Crippen molar-refractivity contribution >= 4 is 23.4 Å². The number of amides is 1. The molecule has 0 saturated carbocycles. The van der Waals surface area contributed by atoms with Gasteiger partial charge in [-0.25, -0.2) is 0 Å². The van der Waals surface area contributed by atoms with E-state index in [-0.39, 0.29) is 5.91 Å². The van der Waals surface area contributed by atoms with Crippen LogP contribution in [-0.2, 0) is 9.53 Å². The van der Waals surface area contributed by atoms with Gasteiger partial charge in [-0.2, -0.15) is 0 Å². The molecule has 1 amide bonds. The zero-order chi connectivity index (χ0) is 22.1. The summed E-state index contributed by atoms with van der Waals surface area (Å²) in [6, 6.07) is 14.0. The van der Waals surface area contributed by atoms with E-state index in [9.17, 15) is 4.79 Å². The third kappa shape index (κ3) is 6.17. The van der Waals surface area contributed by atoms with E-state index < -0.39 is 11.6 Å². The van der Waals surface area contributed by atoms with Gasteiger partial charge < -0.3 is 25.9 Å². The second-order valence-corrected chi connectivity index (χ2v) is 7.50. The highest BCUT2D eigenvalue weighted by molar-refractivity contribution is 6.08. The summed E-state index contributed by atoms with van der Waals surface area (Å²) >= 11 is 0. The van der Waals surface area contributed by atoms with Gasteiger partial charge >= 0.3 is 0 Å². The molecule has 0 saturated heterocycles. The molecule has 0 fully saturated rings. The Kier molecular flexibility index (Phi) is 8.15. The Morgan fingerprint density at radius 2 is 1.90 bits per heavy atom. The maximum absolute atomic E-state index is 13.2. The molecule has 0 aromatic heterocycles. The van der Waals surface area contributed by atoms with Crippen molar-refractivity contribution in [2.24, 2.45) is 5.73 Å². The first kappa shape index (κ1) is 23.1. The maximum Gasteiger partial charge on any atom is 0.246 e. The molecule has 0 aliphatic carbocycles. The number of nitrogens with one attached hydrogen (secondary N) is 3. The molecule has 0 heterocycles. The Hall–Kier alpha value is -3.16. The SMILES string of the molecule is COCC(C)(C)NC(C(=O)Nc1ccc(/C(C=N)=C/N)cc1)c1cccc(OC)c1. The van der Waals surface area contributed by atoms with Gasteiger partial charge in [0.05, 0.1) is 13.7 Å². The van der Waals surface area contributed by atoms with Crippen LogP contribution in [0.2, 0.25) is 0 Å². The number of nitrogens with two attached hydrogens (primary N) is 1. The number of allylic oxidation sites excluding steroid dienone is 1. The third-order valence-corrected chi connectivity index (χ3v) is 4.55. The molecule has 1 unspecified atom stereocenters. The molecule has 2 aromatic carbocycles. The highest BCUT2D eigenvalue weighted by Gasteiger charge is 2.28. The maximum atomic E-state index is 13.2.